The van der Waals surface area contributed by atoms with E-state index in [1.54, 1.807) is 0 Å². The number of hydrogen-bond donors (Lipinski definition) is 3. The number of carboxylic acid groups (broad SMARTS) is 1. The first-order valence-electron chi connectivity index (χ1n) is 7.37. The lowest BCUT2D eigenvalue weighted by molar-refractivity contribution is -0.137. The van der Waals surface area contributed by atoms with Gasteiger partial charge < -0.3 is 19.9 Å². The number of rotatable bonds is 10. The van der Waals surface area contributed by atoms with Gasteiger partial charge in [0.05, 0.1) is 12.8 Å². The molecule has 0 radical (unpaired) electrons. The molecule has 1 aromatic heterocycles. The molecular formula is C15H24N2O5. The first-order chi connectivity index (χ1) is 10.4. The molecule has 0 bridgehead atoms. The van der Waals surface area contributed by atoms with Crippen LogP contribution in [0.5, 0.6) is 5.75 Å². The van der Waals surface area contributed by atoms with Crippen LogP contribution in [0.3, 0.4) is 0 Å². The zero-order valence-corrected chi connectivity index (χ0v) is 12.9. The number of aliphatic hydroxyl groups excluding tert-OH is 1. The lowest BCUT2D eigenvalue weighted by Gasteiger charge is -2.19. The maximum absolute atomic E-state index is 11.6. The molecule has 7 heteroatoms. The van der Waals surface area contributed by atoms with Crippen LogP contribution >= 0.6 is 0 Å². The number of unbranched alkanes of at least 4 members (excludes halogenated alkanes) is 2. The number of aromatic nitrogens is 1. The Hall–Kier alpha value is -1.86. The average Bonchev–Trinajstić information content (AvgIpc) is 2.43. The van der Waals surface area contributed by atoms with Crippen LogP contribution in [0.1, 0.15) is 31.4 Å². The Balaban J connectivity index is 2.68. The van der Waals surface area contributed by atoms with Crippen LogP contribution in [0, 0.1) is 0 Å². The molecule has 0 saturated carbocycles. The standard InChI is InChI=1S/C15H24N2O5/c1-16(7-8-18)10-12-9-13(19)14(20)11-17(12)6-4-2-3-5-15(21)22/h9,11,18,20H,2-8,10H2,1H3,(H,21,22). The highest BCUT2D eigenvalue weighted by molar-refractivity contribution is 5.66. The predicted octanol–water partition coefficient (Wildman–Crippen LogP) is 0.623. The Morgan fingerprint density at radius 3 is 2.68 bits per heavy atom. The third-order valence-corrected chi connectivity index (χ3v) is 3.40. The zero-order valence-electron chi connectivity index (χ0n) is 12.9. The number of aliphatic hydroxyl groups is 1. The molecule has 0 aromatic carbocycles. The van der Waals surface area contributed by atoms with Gasteiger partial charge in [0, 0.05) is 37.8 Å². The summed E-state index contributed by atoms with van der Waals surface area (Å²) in [7, 11) is 1.84. The normalized spacial score (nSPS) is 11.0. The minimum Gasteiger partial charge on any atom is -0.503 e. The molecule has 0 aliphatic carbocycles. The van der Waals surface area contributed by atoms with Crippen LogP contribution in [0.15, 0.2) is 17.1 Å². The summed E-state index contributed by atoms with van der Waals surface area (Å²) >= 11 is 0. The predicted molar refractivity (Wildman–Crippen MR) is 81.9 cm³/mol. The fourth-order valence-electron chi connectivity index (χ4n) is 2.21. The fraction of sp³-hybridized carbons (Fsp3) is 0.600. The molecule has 0 aliphatic heterocycles. The van der Waals surface area contributed by atoms with Gasteiger partial charge in [-0.1, -0.05) is 6.42 Å². The van der Waals surface area contributed by atoms with Crippen LogP contribution < -0.4 is 5.43 Å². The lowest BCUT2D eigenvalue weighted by Crippen LogP contribution is -2.25. The van der Waals surface area contributed by atoms with E-state index in [1.165, 1.54) is 12.3 Å². The van der Waals surface area contributed by atoms with E-state index >= 15 is 0 Å². The highest BCUT2D eigenvalue weighted by Crippen LogP contribution is 2.10. The average molecular weight is 312 g/mol. The second-order valence-corrected chi connectivity index (χ2v) is 5.37. The van der Waals surface area contributed by atoms with Gasteiger partial charge in [-0.2, -0.15) is 0 Å². The number of likely N-dealkylation sites (N-methyl/N-ethyl adjacent to an activating group) is 1. The summed E-state index contributed by atoms with van der Waals surface area (Å²) in [6.07, 6.45) is 3.72. The van der Waals surface area contributed by atoms with Gasteiger partial charge in [0.25, 0.3) is 0 Å². The monoisotopic (exact) mass is 312 g/mol. The Labute approximate surface area is 129 Å². The second-order valence-electron chi connectivity index (χ2n) is 5.37. The van der Waals surface area contributed by atoms with Crippen molar-refractivity contribution < 1.29 is 20.1 Å². The molecule has 0 fully saturated rings. The largest absolute Gasteiger partial charge is 0.503 e. The van der Waals surface area contributed by atoms with Crippen molar-refractivity contribution in [2.45, 2.75) is 38.8 Å². The molecule has 1 rings (SSSR count). The number of hydrogen-bond acceptors (Lipinski definition) is 5. The zero-order chi connectivity index (χ0) is 16.5. The number of carboxylic acids is 1. The van der Waals surface area contributed by atoms with Crippen LogP contribution in [0.2, 0.25) is 0 Å². The van der Waals surface area contributed by atoms with Gasteiger partial charge in [-0.05, 0) is 19.9 Å². The van der Waals surface area contributed by atoms with Crippen molar-refractivity contribution in [3.63, 3.8) is 0 Å². The Bertz CT molecular complexity index is 541. The van der Waals surface area contributed by atoms with Gasteiger partial charge in [-0.15, -0.1) is 0 Å². The number of pyridine rings is 1. The van der Waals surface area contributed by atoms with E-state index in [0.29, 0.717) is 26.1 Å². The summed E-state index contributed by atoms with van der Waals surface area (Å²) in [4.78, 5) is 23.9. The fourth-order valence-corrected chi connectivity index (χ4v) is 2.21. The van der Waals surface area contributed by atoms with Crippen molar-refractivity contribution in [3.8, 4) is 5.75 Å². The van der Waals surface area contributed by atoms with E-state index in [9.17, 15) is 14.7 Å². The van der Waals surface area contributed by atoms with E-state index in [4.69, 9.17) is 10.2 Å². The van der Waals surface area contributed by atoms with Gasteiger partial charge in [-0.3, -0.25) is 14.5 Å². The summed E-state index contributed by atoms with van der Waals surface area (Å²) < 4.78 is 1.81. The topological polar surface area (TPSA) is 103 Å². The van der Waals surface area contributed by atoms with E-state index in [1.807, 2.05) is 16.5 Å². The van der Waals surface area contributed by atoms with Crippen LogP contribution in [0.4, 0.5) is 0 Å². The van der Waals surface area contributed by atoms with Gasteiger partial charge in [-0.25, -0.2) is 0 Å². The highest BCUT2D eigenvalue weighted by Gasteiger charge is 2.08. The Morgan fingerprint density at radius 1 is 1.32 bits per heavy atom. The summed E-state index contributed by atoms with van der Waals surface area (Å²) in [5.41, 5.74) is 0.339. The van der Waals surface area contributed by atoms with Gasteiger partial charge >= 0.3 is 5.97 Å². The lowest BCUT2D eigenvalue weighted by atomic mass is 10.2. The third kappa shape index (κ3) is 6.28. The summed E-state index contributed by atoms with van der Waals surface area (Å²) in [6, 6.07) is 1.40. The molecule has 0 atom stereocenters. The first kappa shape index (κ1) is 18.2. The minimum atomic E-state index is -0.799. The van der Waals surface area contributed by atoms with Gasteiger partial charge in [0.15, 0.2) is 5.75 Å². The molecule has 1 heterocycles. The molecule has 3 N–H and O–H groups in total. The molecule has 0 unspecified atom stereocenters. The molecule has 0 amide bonds. The maximum Gasteiger partial charge on any atom is 0.303 e. The summed E-state index contributed by atoms with van der Waals surface area (Å²) in [5.74, 6) is -1.09. The number of aromatic hydroxyl groups is 1. The molecule has 1 aromatic rings. The smallest absolute Gasteiger partial charge is 0.303 e. The quantitative estimate of drug-likeness (QED) is 0.547. The van der Waals surface area contributed by atoms with Crippen molar-refractivity contribution >= 4 is 5.97 Å². The van der Waals surface area contributed by atoms with E-state index in [2.05, 4.69) is 0 Å². The van der Waals surface area contributed by atoms with Crippen LogP contribution in [-0.4, -0.2) is 51.0 Å². The van der Waals surface area contributed by atoms with Gasteiger partial charge in [0.2, 0.25) is 5.43 Å². The van der Waals surface area contributed by atoms with E-state index < -0.39 is 11.4 Å². The van der Waals surface area contributed by atoms with Gasteiger partial charge in [0.1, 0.15) is 0 Å². The number of nitrogens with zero attached hydrogens (tertiary/aromatic N) is 2. The van der Waals surface area contributed by atoms with Crippen LogP contribution in [0.25, 0.3) is 0 Å². The molecule has 0 aliphatic rings. The molecule has 0 spiro atoms. The highest BCUT2D eigenvalue weighted by atomic mass is 16.4. The van der Waals surface area contributed by atoms with Crippen LogP contribution in [-0.2, 0) is 17.9 Å². The van der Waals surface area contributed by atoms with Crippen molar-refractivity contribution in [3.05, 3.63) is 28.2 Å². The Kier molecular flexibility index (Phi) is 7.62. The molecular weight excluding hydrogens is 288 g/mol. The summed E-state index contributed by atoms with van der Waals surface area (Å²) in [6.45, 7) is 1.63. The van der Waals surface area contributed by atoms with Crippen molar-refractivity contribution in [2.75, 3.05) is 20.2 Å². The Morgan fingerprint density at radius 2 is 2.05 bits per heavy atom. The minimum absolute atomic E-state index is 0.0357. The second kappa shape index (κ2) is 9.22. The number of carbonyl (C=O) groups is 1. The SMILES string of the molecule is CN(CCO)Cc1cc(=O)c(O)cn1CCCCCC(=O)O. The van der Waals surface area contributed by atoms with Crippen molar-refractivity contribution in [2.24, 2.45) is 0 Å². The third-order valence-electron chi connectivity index (χ3n) is 3.40. The molecule has 22 heavy (non-hydrogen) atoms. The molecule has 0 saturated heterocycles. The molecule has 124 valence electrons. The molecule has 7 nitrogen and oxygen atoms in total. The first-order valence-corrected chi connectivity index (χ1v) is 7.37. The number of aryl methyl sites for hydroxylation is 1. The van der Waals surface area contributed by atoms with Crippen molar-refractivity contribution in [1.82, 2.24) is 9.47 Å². The summed E-state index contributed by atoms with van der Waals surface area (Å²) in [5, 5.41) is 27.1. The number of aliphatic carboxylic acids is 1. The van der Waals surface area contributed by atoms with E-state index in [0.717, 1.165) is 18.5 Å². The van der Waals surface area contributed by atoms with E-state index in [-0.39, 0.29) is 18.8 Å². The maximum atomic E-state index is 11.6. The van der Waals surface area contributed by atoms with Crippen molar-refractivity contribution in [1.29, 1.82) is 0 Å².